The van der Waals surface area contributed by atoms with Gasteiger partial charge in [-0.05, 0) is 17.5 Å². The molecule has 0 fully saturated rings. The van der Waals surface area contributed by atoms with Crippen LogP contribution in [0.3, 0.4) is 0 Å². The molecule has 0 radical (unpaired) electrons. The zero-order chi connectivity index (χ0) is 9.80. The second kappa shape index (κ2) is 6.61. The first-order valence-corrected chi connectivity index (χ1v) is 4.95. The van der Waals surface area contributed by atoms with Crippen LogP contribution in [0.5, 0.6) is 0 Å². The normalized spacial score (nSPS) is 9.40. The minimum atomic E-state index is 0. The van der Waals surface area contributed by atoms with E-state index >= 15 is 0 Å². The van der Waals surface area contributed by atoms with Gasteiger partial charge in [0.05, 0.1) is 0 Å². The summed E-state index contributed by atoms with van der Waals surface area (Å²) in [6.07, 6.45) is 1.10. The van der Waals surface area contributed by atoms with Crippen LogP contribution in [0.15, 0.2) is 48.5 Å². The smallest absolute Gasteiger partial charge is 0.184 e. The van der Waals surface area contributed by atoms with Crippen molar-refractivity contribution in [2.24, 2.45) is 0 Å². The third-order valence-corrected chi connectivity index (χ3v) is 2.41. The zero-order valence-corrected chi connectivity index (χ0v) is 12.4. The molecule has 0 aliphatic heterocycles. The molecule has 0 aliphatic rings. The van der Waals surface area contributed by atoms with Gasteiger partial charge in [-0.3, -0.25) is 0 Å². The molecule has 0 aliphatic carbocycles. The fourth-order valence-corrected chi connectivity index (χ4v) is 1.51. The SMILES string of the molecule is CCc1ccc(-c2cc[c-]cc2)cc1.[K+]. The van der Waals surface area contributed by atoms with Crippen LogP contribution >= 0.6 is 0 Å². The minimum Gasteiger partial charge on any atom is -0.184 e. The van der Waals surface area contributed by atoms with E-state index in [1.54, 1.807) is 0 Å². The van der Waals surface area contributed by atoms with Crippen LogP contribution < -0.4 is 51.4 Å². The van der Waals surface area contributed by atoms with Crippen molar-refractivity contribution < 1.29 is 51.4 Å². The first-order chi connectivity index (χ1) is 6.90. The van der Waals surface area contributed by atoms with E-state index in [-0.39, 0.29) is 51.4 Å². The molecule has 0 bridgehead atoms. The summed E-state index contributed by atoms with van der Waals surface area (Å²) in [5.74, 6) is 0. The van der Waals surface area contributed by atoms with Gasteiger partial charge in [-0.1, -0.05) is 31.2 Å². The molecular weight excluding hydrogens is 207 g/mol. The van der Waals surface area contributed by atoms with Gasteiger partial charge >= 0.3 is 51.4 Å². The molecule has 2 aromatic rings. The molecule has 2 rings (SSSR count). The van der Waals surface area contributed by atoms with Gasteiger partial charge in [0, 0.05) is 0 Å². The van der Waals surface area contributed by atoms with Gasteiger partial charge in [-0.2, -0.15) is 30.3 Å². The number of hydrogen-bond donors (Lipinski definition) is 0. The number of hydrogen-bond acceptors (Lipinski definition) is 0. The Balaban J connectivity index is 0.00000112. The Morgan fingerprint density at radius 2 is 1.40 bits per heavy atom. The van der Waals surface area contributed by atoms with Crippen LogP contribution in [0.1, 0.15) is 12.5 Å². The number of aryl methyl sites for hydroxylation is 1. The summed E-state index contributed by atoms with van der Waals surface area (Å²) >= 11 is 0. The van der Waals surface area contributed by atoms with Crippen molar-refractivity contribution in [3.8, 4) is 11.1 Å². The largest absolute Gasteiger partial charge is 1.00 e. The van der Waals surface area contributed by atoms with Crippen molar-refractivity contribution in [1.82, 2.24) is 0 Å². The van der Waals surface area contributed by atoms with E-state index in [9.17, 15) is 0 Å². The van der Waals surface area contributed by atoms with E-state index in [2.05, 4.69) is 49.4 Å². The maximum absolute atomic E-state index is 3.03. The summed E-state index contributed by atoms with van der Waals surface area (Å²) in [6.45, 7) is 2.17. The average molecular weight is 220 g/mol. The molecule has 0 nitrogen and oxygen atoms in total. The summed E-state index contributed by atoms with van der Waals surface area (Å²) < 4.78 is 0. The molecular formula is C14H13K. The summed E-state index contributed by atoms with van der Waals surface area (Å²) in [5.41, 5.74) is 3.92. The zero-order valence-electron chi connectivity index (χ0n) is 9.33. The fourth-order valence-electron chi connectivity index (χ4n) is 1.51. The molecule has 0 aromatic heterocycles. The monoisotopic (exact) mass is 220 g/mol. The molecule has 0 unspecified atom stereocenters. The minimum absolute atomic E-state index is 0. The number of rotatable bonds is 2. The van der Waals surface area contributed by atoms with Crippen LogP contribution in [0.25, 0.3) is 11.1 Å². The first kappa shape index (κ1) is 13.1. The maximum Gasteiger partial charge on any atom is 1.00 e. The molecule has 15 heavy (non-hydrogen) atoms. The van der Waals surface area contributed by atoms with Crippen LogP contribution in [-0.2, 0) is 6.42 Å². The van der Waals surface area contributed by atoms with Gasteiger partial charge in [0.15, 0.2) is 0 Å². The third kappa shape index (κ3) is 3.54. The first-order valence-electron chi connectivity index (χ1n) is 4.95. The molecule has 1 heteroatoms. The third-order valence-electron chi connectivity index (χ3n) is 2.41. The van der Waals surface area contributed by atoms with Crippen molar-refractivity contribution in [3.05, 3.63) is 60.2 Å². The molecule has 0 saturated heterocycles. The summed E-state index contributed by atoms with van der Waals surface area (Å²) in [5, 5.41) is 0. The van der Waals surface area contributed by atoms with Crippen molar-refractivity contribution in [2.45, 2.75) is 13.3 Å². The van der Waals surface area contributed by atoms with Gasteiger partial charge in [0.2, 0.25) is 0 Å². The van der Waals surface area contributed by atoms with Crippen LogP contribution in [-0.4, -0.2) is 0 Å². The van der Waals surface area contributed by atoms with Crippen molar-refractivity contribution in [3.63, 3.8) is 0 Å². The van der Waals surface area contributed by atoms with Crippen LogP contribution in [0.2, 0.25) is 0 Å². The predicted octanol–water partition coefficient (Wildman–Crippen LogP) is 0.720. The molecule has 0 saturated carbocycles. The van der Waals surface area contributed by atoms with Crippen molar-refractivity contribution >= 4 is 0 Å². The van der Waals surface area contributed by atoms with Crippen LogP contribution in [0, 0.1) is 6.07 Å². The Kier molecular flexibility index (Phi) is 5.80. The Morgan fingerprint density at radius 1 is 0.867 bits per heavy atom. The van der Waals surface area contributed by atoms with Gasteiger partial charge in [0.25, 0.3) is 0 Å². The van der Waals surface area contributed by atoms with E-state index in [0.717, 1.165) is 6.42 Å². The Morgan fingerprint density at radius 3 is 1.93 bits per heavy atom. The van der Waals surface area contributed by atoms with E-state index in [0.29, 0.717) is 0 Å². The second-order valence-corrected chi connectivity index (χ2v) is 3.34. The standard InChI is InChI=1S/C14H13.K/c1-2-12-8-10-14(11-9-12)13-6-4-3-5-7-13;/h4-11H,2H2,1H3;/q-1;+1. The van der Waals surface area contributed by atoms with Crippen molar-refractivity contribution in [2.75, 3.05) is 0 Å². The van der Waals surface area contributed by atoms with Crippen LogP contribution in [0.4, 0.5) is 0 Å². The van der Waals surface area contributed by atoms with Gasteiger partial charge in [-0.25, -0.2) is 0 Å². The molecule has 70 valence electrons. The Labute approximate surface area is 134 Å². The summed E-state index contributed by atoms with van der Waals surface area (Å²) in [7, 11) is 0. The van der Waals surface area contributed by atoms with Gasteiger partial charge in [0.1, 0.15) is 0 Å². The van der Waals surface area contributed by atoms with E-state index in [4.69, 9.17) is 0 Å². The van der Waals surface area contributed by atoms with E-state index < -0.39 is 0 Å². The van der Waals surface area contributed by atoms with Crippen molar-refractivity contribution in [1.29, 1.82) is 0 Å². The predicted molar refractivity (Wildman–Crippen MR) is 60.1 cm³/mol. The summed E-state index contributed by atoms with van der Waals surface area (Å²) in [4.78, 5) is 0. The average Bonchev–Trinajstić information content (AvgIpc) is 2.30. The maximum atomic E-state index is 3.03. The summed E-state index contributed by atoms with van der Waals surface area (Å²) in [6, 6.07) is 19.8. The quantitative estimate of drug-likeness (QED) is 0.517. The molecule has 0 N–H and O–H groups in total. The molecule has 0 amide bonds. The Bertz CT molecular complexity index is 389. The second-order valence-electron chi connectivity index (χ2n) is 3.34. The molecule has 0 atom stereocenters. The van der Waals surface area contributed by atoms with E-state index in [1.807, 2.05) is 12.1 Å². The fraction of sp³-hybridized carbons (Fsp3) is 0.143. The Hall–Kier alpha value is 0.0764. The molecule has 2 aromatic carbocycles. The van der Waals surface area contributed by atoms with Gasteiger partial charge in [-0.15, -0.1) is 5.56 Å². The van der Waals surface area contributed by atoms with E-state index in [1.165, 1.54) is 16.7 Å². The molecule has 0 spiro atoms. The topological polar surface area (TPSA) is 0 Å². The molecule has 0 heterocycles. The van der Waals surface area contributed by atoms with Gasteiger partial charge < -0.3 is 0 Å². The number of benzene rings is 2.